The van der Waals surface area contributed by atoms with E-state index < -0.39 is 26.1 Å². The summed E-state index contributed by atoms with van der Waals surface area (Å²) in [6, 6.07) is 11.6. The average molecular weight is 538 g/mol. The van der Waals surface area contributed by atoms with Crippen LogP contribution in [0, 0.1) is 0 Å². The van der Waals surface area contributed by atoms with Gasteiger partial charge in [-0.25, -0.2) is 17.9 Å². The van der Waals surface area contributed by atoms with Crippen molar-refractivity contribution in [1.82, 2.24) is 19.7 Å². The highest BCUT2D eigenvalue weighted by Crippen LogP contribution is 2.20. The summed E-state index contributed by atoms with van der Waals surface area (Å²) < 4.78 is 56.9. The topological polar surface area (TPSA) is 213 Å². The summed E-state index contributed by atoms with van der Waals surface area (Å²) in [7, 11) is -7.79. The van der Waals surface area contributed by atoms with Gasteiger partial charge in [-0.1, -0.05) is 18.2 Å². The Hall–Kier alpha value is -3.86. The van der Waals surface area contributed by atoms with Crippen molar-refractivity contribution in [2.45, 2.75) is 11.4 Å². The number of rotatable bonds is 12. The molecule has 1 heterocycles. The number of nitrogens with zero attached hydrogens (tertiary/aromatic N) is 3. The van der Waals surface area contributed by atoms with Gasteiger partial charge in [0, 0.05) is 25.3 Å². The van der Waals surface area contributed by atoms with Gasteiger partial charge in [0.2, 0.25) is 27.9 Å². The number of hydrogen-bond donors (Lipinski definition) is 6. The quantitative estimate of drug-likeness (QED) is 0.141. The van der Waals surface area contributed by atoms with E-state index >= 15 is 0 Å². The molecule has 0 aliphatic carbocycles. The summed E-state index contributed by atoms with van der Waals surface area (Å²) in [4.78, 5) is 23.4. The van der Waals surface area contributed by atoms with Crippen LogP contribution in [0.3, 0.4) is 0 Å². The van der Waals surface area contributed by atoms with Crippen molar-refractivity contribution in [3.8, 4) is 0 Å². The summed E-state index contributed by atoms with van der Waals surface area (Å²) >= 11 is 0. The van der Waals surface area contributed by atoms with E-state index in [1.165, 1.54) is 30.3 Å². The molecule has 0 spiro atoms. The van der Waals surface area contributed by atoms with E-state index in [1.54, 1.807) is 18.2 Å². The minimum atomic E-state index is -4.42. The van der Waals surface area contributed by atoms with E-state index in [0.717, 1.165) is 11.8 Å². The van der Waals surface area contributed by atoms with Gasteiger partial charge in [-0.3, -0.25) is 4.55 Å². The Labute approximate surface area is 207 Å². The zero-order chi connectivity index (χ0) is 26.3. The number of sulfonamides is 1. The predicted octanol–water partition coefficient (Wildman–Crippen LogP) is 1.13. The number of carboxylic acid groups (broad SMARTS) is 1. The Kier molecular flexibility index (Phi) is 8.36. The molecule has 0 saturated heterocycles. The summed E-state index contributed by atoms with van der Waals surface area (Å²) in [5.74, 6) is -0.793. The summed E-state index contributed by atoms with van der Waals surface area (Å²) in [6.07, 6.45) is 1.03. The number of benzene rings is 2. The van der Waals surface area contributed by atoms with Gasteiger partial charge in [0.05, 0.1) is 16.7 Å². The van der Waals surface area contributed by atoms with E-state index in [9.17, 15) is 26.2 Å². The van der Waals surface area contributed by atoms with Gasteiger partial charge in [-0.15, -0.1) is 0 Å². The maximum absolute atomic E-state index is 11.4. The molecule has 0 aliphatic heterocycles. The van der Waals surface area contributed by atoms with Gasteiger partial charge in [-0.05, 0) is 35.9 Å². The second-order valence-corrected chi connectivity index (χ2v) is 10.6. The fourth-order valence-electron chi connectivity index (χ4n) is 2.81. The number of carboxylic acids is 1. The van der Waals surface area contributed by atoms with Crippen LogP contribution in [0.25, 0.3) is 0 Å². The molecule has 0 unspecified atom stereocenters. The van der Waals surface area contributed by atoms with Crippen molar-refractivity contribution in [3.63, 3.8) is 0 Å². The lowest BCUT2D eigenvalue weighted by atomic mass is 10.1. The van der Waals surface area contributed by atoms with Crippen LogP contribution < -0.4 is 20.7 Å². The van der Waals surface area contributed by atoms with Gasteiger partial charge in [0.15, 0.2) is 0 Å². The lowest BCUT2D eigenvalue weighted by molar-refractivity contribution is 0.0697. The van der Waals surface area contributed by atoms with Gasteiger partial charge in [0.1, 0.15) is 0 Å². The lowest BCUT2D eigenvalue weighted by Gasteiger charge is -2.12. The van der Waals surface area contributed by atoms with E-state index in [2.05, 4.69) is 35.6 Å². The highest BCUT2D eigenvalue weighted by Gasteiger charge is 2.12. The third-order valence-electron chi connectivity index (χ3n) is 4.45. The van der Waals surface area contributed by atoms with Gasteiger partial charge >= 0.3 is 5.97 Å². The van der Waals surface area contributed by atoms with E-state index in [0.29, 0.717) is 0 Å². The molecule has 14 nitrogen and oxygen atoms in total. The number of nitrogens with one attached hydrogen (secondary N) is 4. The Balaban J connectivity index is 1.80. The number of anilines is 4. The molecule has 0 radical (unpaired) electrons. The molecule has 36 heavy (non-hydrogen) atoms. The molecule has 2 aromatic carbocycles. The Morgan fingerprint density at radius 1 is 0.889 bits per heavy atom. The SMILES string of the molecule is CS(=O)(=O)NCCNc1nc(NCc2ccc(C(=O)O)cc2)nc(Nc2cccc(S(=O)(=O)O)c2)n1. The van der Waals surface area contributed by atoms with Crippen LogP contribution >= 0.6 is 0 Å². The Bertz CT molecular complexity index is 1450. The third-order valence-corrected chi connectivity index (χ3v) is 6.03. The molecule has 1 aromatic heterocycles. The maximum Gasteiger partial charge on any atom is 0.335 e. The normalized spacial score (nSPS) is 11.6. The summed E-state index contributed by atoms with van der Waals surface area (Å²) in [6.45, 7) is 0.476. The number of hydrogen-bond acceptors (Lipinski definition) is 11. The van der Waals surface area contributed by atoms with Crippen LogP contribution in [-0.2, 0) is 26.7 Å². The van der Waals surface area contributed by atoms with Crippen molar-refractivity contribution >= 4 is 49.6 Å². The second-order valence-electron chi connectivity index (χ2n) is 7.38. The molecule has 0 fully saturated rings. The Morgan fingerprint density at radius 3 is 2.14 bits per heavy atom. The van der Waals surface area contributed by atoms with Crippen LogP contribution in [0.2, 0.25) is 0 Å². The molecule has 0 atom stereocenters. The molecule has 0 aliphatic rings. The van der Waals surface area contributed by atoms with E-state index in [-0.39, 0.29) is 53.6 Å². The fourth-order valence-corrected chi connectivity index (χ4v) is 3.81. The smallest absolute Gasteiger partial charge is 0.335 e. The van der Waals surface area contributed by atoms with Crippen molar-refractivity contribution < 1.29 is 31.3 Å². The standard InChI is InChI=1S/C20H23N7O7S2/c1-35(30,31)23-10-9-21-18-25-19(22-12-13-5-7-14(8-6-13)17(28)29)27-20(26-18)24-15-3-2-4-16(11-15)36(32,33)34/h2-8,11,23H,9-10,12H2,1H3,(H,28,29)(H,32,33,34)(H3,21,22,24,25,26,27). The first-order valence-electron chi connectivity index (χ1n) is 10.2. The molecule has 3 aromatic rings. The minimum absolute atomic E-state index is 0.0276. The fraction of sp³-hybridized carbons (Fsp3) is 0.200. The van der Waals surface area contributed by atoms with Crippen LogP contribution in [0.5, 0.6) is 0 Å². The predicted molar refractivity (Wildman–Crippen MR) is 131 cm³/mol. The minimum Gasteiger partial charge on any atom is -0.478 e. The number of carbonyl (C=O) groups is 1. The summed E-state index contributed by atoms with van der Waals surface area (Å²) in [5, 5.41) is 17.7. The average Bonchev–Trinajstić information content (AvgIpc) is 2.80. The number of aromatic carboxylic acids is 1. The zero-order valence-electron chi connectivity index (χ0n) is 18.8. The first kappa shape index (κ1) is 26.7. The van der Waals surface area contributed by atoms with E-state index in [1.807, 2.05) is 0 Å². The highest BCUT2D eigenvalue weighted by molar-refractivity contribution is 7.88. The monoisotopic (exact) mass is 537 g/mol. The largest absolute Gasteiger partial charge is 0.478 e. The summed E-state index contributed by atoms with van der Waals surface area (Å²) in [5.41, 5.74) is 1.17. The lowest BCUT2D eigenvalue weighted by Crippen LogP contribution is -2.28. The van der Waals surface area contributed by atoms with Crippen LogP contribution in [0.4, 0.5) is 23.5 Å². The molecule has 0 bridgehead atoms. The number of aromatic nitrogens is 3. The van der Waals surface area contributed by atoms with Crippen LogP contribution in [0.15, 0.2) is 53.4 Å². The molecular formula is C20H23N7O7S2. The van der Waals surface area contributed by atoms with Gasteiger partial charge in [0.25, 0.3) is 10.1 Å². The van der Waals surface area contributed by atoms with Crippen molar-refractivity contribution in [2.24, 2.45) is 0 Å². The molecule has 3 rings (SSSR count). The van der Waals surface area contributed by atoms with Crippen LogP contribution in [0.1, 0.15) is 15.9 Å². The third kappa shape index (κ3) is 8.42. The maximum atomic E-state index is 11.4. The Morgan fingerprint density at radius 2 is 1.53 bits per heavy atom. The first-order valence-corrected chi connectivity index (χ1v) is 13.6. The van der Waals surface area contributed by atoms with Crippen LogP contribution in [-0.4, -0.2) is 66.8 Å². The second kappa shape index (κ2) is 11.3. The molecular weight excluding hydrogens is 514 g/mol. The van der Waals surface area contributed by atoms with Crippen molar-refractivity contribution in [1.29, 1.82) is 0 Å². The van der Waals surface area contributed by atoms with Crippen molar-refractivity contribution in [2.75, 3.05) is 35.3 Å². The van der Waals surface area contributed by atoms with E-state index in [4.69, 9.17) is 5.11 Å². The zero-order valence-corrected chi connectivity index (χ0v) is 20.5. The molecule has 0 saturated carbocycles. The molecule has 0 amide bonds. The highest BCUT2D eigenvalue weighted by atomic mass is 32.2. The van der Waals surface area contributed by atoms with Gasteiger partial charge < -0.3 is 21.1 Å². The van der Waals surface area contributed by atoms with Crippen molar-refractivity contribution in [3.05, 3.63) is 59.7 Å². The molecule has 6 N–H and O–H groups in total. The molecule has 192 valence electrons. The molecule has 16 heteroatoms. The first-order chi connectivity index (χ1) is 16.9. The van der Waals surface area contributed by atoms with Gasteiger partial charge in [-0.2, -0.15) is 23.4 Å².